The highest BCUT2D eigenvalue weighted by Gasteiger charge is 2.14. The zero-order valence-electron chi connectivity index (χ0n) is 17.6. The molecular weight excluding hydrogens is 404 g/mol. The molecule has 0 aromatic heterocycles. The van der Waals surface area contributed by atoms with Crippen LogP contribution in [0.15, 0.2) is 48.5 Å². The smallest absolute Gasteiger partial charge is 0.338 e. The van der Waals surface area contributed by atoms with Crippen molar-refractivity contribution < 1.29 is 22.7 Å². The van der Waals surface area contributed by atoms with Crippen molar-refractivity contribution in [2.75, 3.05) is 26.5 Å². The van der Waals surface area contributed by atoms with Gasteiger partial charge < -0.3 is 9.64 Å². The van der Waals surface area contributed by atoms with Crippen LogP contribution in [-0.4, -0.2) is 51.6 Å². The molecule has 1 N–H and O–H groups in total. The minimum absolute atomic E-state index is 0.282. The van der Waals surface area contributed by atoms with Gasteiger partial charge in [0.2, 0.25) is 10.0 Å². The van der Waals surface area contributed by atoms with Crippen LogP contribution in [0.1, 0.15) is 34.0 Å². The second-order valence-electron chi connectivity index (χ2n) is 7.11. The van der Waals surface area contributed by atoms with E-state index < -0.39 is 16.0 Å². The molecule has 2 aromatic rings. The lowest BCUT2D eigenvalue weighted by Crippen LogP contribution is -2.30. The molecule has 0 aliphatic rings. The third kappa shape index (κ3) is 7.96. The zero-order chi connectivity index (χ0) is 22.1. The molecule has 162 valence electrons. The molecular formula is C22H28N2O5S. The molecule has 0 atom stereocenters. The predicted molar refractivity (Wildman–Crippen MR) is 116 cm³/mol. The highest BCUT2D eigenvalue weighted by molar-refractivity contribution is 7.88. The van der Waals surface area contributed by atoms with Crippen molar-refractivity contribution in [2.24, 2.45) is 0 Å². The number of nitrogens with zero attached hydrogens (tertiary/aromatic N) is 1. The summed E-state index contributed by atoms with van der Waals surface area (Å²) < 4.78 is 29.7. The van der Waals surface area contributed by atoms with Crippen LogP contribution in [0.5, 0.6) is 0 Å². The largest absolute Gasteiger partial charge is 0.452 e. The highest BCUT2D eigenvalue weighted by Crippen LogP contribution is 2.09. The molecule has 0 radical (unpaired) electrons. The van der Waals surface area contributed by atoms with Crippen molar-refractivity contribution in [2.45, 2.75) is 26.3 Å². The Balaban J connectivity index is 1.80. The van der Waals surface area contributed by atoms with Crippen molar-refractivity contribution in [3.63, 3.8) is 0 Å². The number of carbonyl (C=O) groups is 2. The molecule has 0 aliphatic heterocycles. The lowest BCUT2D eigenvalue weighted by molar-refractivity contribution is -0.133. The van der Waals surface area contributed by atoms with Crippen LogP contribution >= 0.6 is 0 Å². The lowest BCUT2D eigenvalue weighted by Gasteiger charge is -2.17. The van der Waals surface area contributed by atoms with Gasteiger partial charge in [-0.15, -0.1) is 0 Å². The third-order valence-electron chi connectivity index (χ3n) is 4.57. The number of amides is 1. The molecule has 1 amide bonds. The minimum Gasteiger partial charge on any atom is -0.452 e. The van der Waals surface area contributed by atoms with Gasteiger partial charge in [0, 0.05) is 20.1 Å². The lowest BCUT2D eigenvalue weighted by atomic mass is 10.1. The topological polar surface area (TPSA) is 92.8 Å². The number of nitrogens with one attached hydrogen (secondary N) is 1. The monoisotopic (exact) mass is 432 g/mol. The number of hydrogen-bond donors (Lipinski definition) is 1. The number of ether oxygens (including phenoxy) is 1. The Bertz CT molecular complexity index is 954. The average Bonchev–Trinajstić information content (AvgIpc) is 2.71. The van der Waals surface area contributed by atoms with E-state index in [1.807, 2.05) is 24.3 Å². The number of likely N-dealkylation sites (N-methyl/N-ethyl adjacent to an activating group) is 1. The standard InChI is InChI=1S/C22H28N2O5S/c1-4-17-5-7-19(8-6-17)15-24(2)21(25)16-29-22(26)20-11-9-18(10-12-20)13-14-23-30(3,27)28/h5-12,23H,4,13-16H2,1-3H3. The van der Waals surface area contributed by atoms with E-state index in [4.69, 9.17) is 4.74 Å². The van der Waals surface area contributed by atoms with Crippen LogP contribution in [0.2, 0.25) is 0 Å². The van der Waals surface area contributed by atoms with Crippen LogP contribution in [-0.2, 0) is 38.9 Å². The Morgan fingerprint density at radius 3 is 2.10 bits per heavy atom. The van der Waals surface area contributed by atoms with Crippen LogP contribution in [0.3, 0.4) is 0 Å². The van der Waals surface area contributed by atoms with Gasteiger partial charge in [0.1, 0.15) is 0 Å². The first-order valence-electron chi connectivity index (χ1n) is 9.70. The molecule has 0 fully saturated rings. The SMILES string of the molecule is CCc1ccc(CN(C)C(=O)COC(=O)c2ccc(CCNS(C)(=O)=O)cc2)cc1. The molecule has 2 aromatic carbocycles. The first-order chi connectivity index (χ1) is 14.2. The molecule has 0 saturated heterocycles. The number of rotatable bonds is 10. The minimum atomic E-state index is -3.22. The summed E-state index contributed by atoms with van der Waals surface area (Å²) in [6.45, 7) is 2.48. The number of esters is 1. The van der Waals surface area contributed by atoms with Crippen molar-refractivity contribution >= 4 is 21.9 Å². The van der Waals surface area contributed by atoms with Gasteiger partial charge in [0.05, 0.1) is 11.8 Å². The zero-order valence-corrected chi connectivity index (χ0v) is 18.4. The van der Waals surface area contributed by atoms with Crippen LogP contribution < -0.4 is 4.72 Å². The van der Waals surface area contributed by atoms with Crippen molar-refractivity contribution in [1.29, 1.82) is 0 Å². The molecule has 8 heteroatoms. The number of benzene rings is 2. The highest BCUT2D eigenvalue weighted by atomic mass is 32.2. The maximum absolute atomic E-state index is 12.3. The van der Waals surface area contributed by atoms with Crippen LogP contribution in [0, 0.1) is 0 Å². The van der Waals surface area contributed by atoms with E-state index in [2.05, 4.69) is 11.6 Å². The molecule has 2 rings (SSSR count). The fourth-order valence-electron chi connectivity index (χ4n) is 2.75. The van der Waals surface area contributed by atoms with E-state index in [9.17, 15) is 18.0 Å². The molecule has 0 spiro atoms. The third-order valence-corrected chi connectivity index (χ3v) is 5.30. The molecule has 0 saturated carbocycles. The molecule has 0 aliphatic carbocycles. The second-order valence-corrected chi connectivity index (χ2v) is 8.94. The van der Waals surface area contributed by atoms with Gasteiger partial charge in [-0.05, 0) is 41.7 Å². The number of carbonyl (C=O) groups excluding carboxylic acids is 2. The Kier molecular flexibility index (Phi) is 8.56. The van der Waals surface area contributed by atoms with Gasteiger partial charge in [-0.2, -0.15) is 0 Å². The summed E-state index contributed by atoms with van der Waals surface area (Å²) in [4.78, 5) is 25.9. The Morgan fingerprint density at radius 2 is 1.53 bits per heavy atom. The van der Waals surface area contributed by atoms with E-state index in [-0.39, 0.29) is 19.1 Å². The fraction of sp³-hybridized carbons (Fsp3) is 0.364. The average molecular weight is 433 g/mol. The molecule has 7 nitrogen and oxygen atoms in total. The van der Waals surface area contributed by atoms with Gasteiger partial charge >= 0.3 is 5.97 Å². The van der Waals surface area contributed by atoms with E-state index in [0.29, 0.717) is 18.5 Å². The Hall–Kier alpha value is -2.71. The van der Waals surface area contributed by atoms with E-state index in [1.165, 1.54) is 10.5 Å². The fourth-order valence-corrected chi connectivity index (χ4v) is 3.22. The quantitative estimate of drug-likeness (QED) is 0.581. The summed E-state index contributed by atoms with van der Waals surface area (Å²) in [6, 6.07) is 14.7. The van der Waals surface area contributed by atoms with Gasteiger partial charge in [-0.3, -0.25) is 4.79 Å². The summed E-state index contributed by atoms with van der Waals surface area (Å²) in [5.74, 6) is -0.865. The number of hydrogen-bond acceptors (Lipinski definition) is 5. The van der Waals surface area contributed by atoms with Gasteiger partial charge in [0.25, 0.3) is 5.91 Å². The molecule has 0 bridgehead atoms. The summed E-state index contributed by atoms with van der Waals surface area (Å²) in [6.07, 6.45) is 2.57. The van der Waals surface area contributed by atoms with Gasteiger partial charge in [-0.1, -0.05) is 43.3 Å². The maximum Gasteiger partial charge on any atom is 0.338 e. The van der Waals surface area contributed by atoms with Crippen LogP contribution in [0.25, 0.3) is 0 Å². The Morgan fingerprint density at radius 1 is 0.967 bits per heavy atom. The summed E-state index contributed by atoms with van der Waals surface area (Å²) in [5, 5.41) is 0. The van der Waals surface area contributed by atoms with Crippen molar-refractivity contribution in [3.05, 3.63) is 70.8 Å². The number of aryl methyl sites for hydroxylation is 1. The van der Waals surface area contributed by atoms with Crippen molar-refractivity contribution in [3.8, 4) is 0 Å². The first kappa shape index (κ1) is 23.6. The number of sulfonamides is 1. The molecule has 0 unspecified atom stereocenters. The predicted octanol–water partition coefficient (Wildman–Crippen LogP) is 2.16. The summed E-state index contributed by atoms with van der Waals surface area (Å²) in [5.41, 5.74) is 3.46. The molecule has 30 heavy (non-hydrogen) atoms. The normalized spacial score (nSPS) is 11.2. The Labute approximate surface area is 178 Å². The van der Waals surface area contributed by atoms with E-state index in [0.717, 1.165) is 23.8 Å². The first-order valence-corrected chi connectivity index (χ1v) is 11.6. The van der Waals surface area contributed by atoms with E-state index in [1.54, 1.807) is 31.3 Å². The summed E-state index contributed by atoms with van der Waals surface area (Å²) >= 11 is 0. The van der Waals surface area contributed by atoms with Gasteiger partial charge in [0.15, 0.2) is 6.61 Å². The molecule has 0 heterocycles. The second kappa shape index (κ2) is 10.9. The summed E-state index contributed by atoms with van der Waals surface area (Å²) in [7, 11) is -1.55. The van der Waals surface area contributed by atoms with E-state index >= 15 is 0 Å². The van der Waals surface area contributed by atoms with Crippen LogP contribution in [0.4, 0.5) is 0 Å². The van der Waals surface area contributed by atoms with Gasteiger partial charge in [-0.25, -0.2) is 17.9 Å². The van der Waals surface area contributed by atoms with Crippen molar-refractivity contribution in [1.82, 2.24) is 9.62 Å². The maximum atomic E-state index is 12.3.